The highest BCUT2D eigenvalue weighted by molar-refractivity contribution is 7.98. The molecular formula is C5H8N2S. The van der Waals surface area contributed by atoms with Gasteiger partial charge in [-0.25, -0.2) is 0 Å². The summed E-state index contributed by atoms with van der Waals surface area (Å²) in [5.41, 5.74) is 0. The Morgan fingerprint density at radius 1 is 1.88 bits per heavy atom. The van der Waals surface area contributed by atoms with Crippen LogP contribution < -0.4 is 4.72 Å². The summed E-state index contributed by atoms with van der Waals surface area (Å²) in [6.45, 7) is 1.07. The minimum Gasteiger partial charge on any atom is -0.264 e. The second-order valence-corrected chi connectivity index (χ2v) is 2.98. The molecule has 0 radical (unpaired) electrons. The highest BCUT2D eigenvalue weighted by Gasteiger charge is 2.13. The first-order valence-electron chi connectivity index (χ1n) is 2.69. The van der Waals surface area contributed by atoms with E-state index in [-0.39, 0.29) is 0 Å². The van der Waals surface area contributed by atoms with Crippen molar-refractivity contribution in [2.24, 2.45) is 0 Å². The number of hydrogen-bond acceptors (Lipinski definition) is 3. The Morgan fingerprint density at radius 3 is 3.25 bits per heavy atom. The van der Waals surface area contributed by atoms with Crippen molar-refractivity contribution in [3.63, 3.8) is 0 Å². The molecule has 0 amide bonds. The molecule has 0 spiro atoms. The molecule has 1 fully saturated rings. The van der Waals surface area contributed by atoms with E-state index in [2.05, 4.69) is 10.8 Å². The number of rotatable bonds is 1. The lowest BCUT2D eigenvalue weighted by Gasteiger charge is -1.95. The van der Waals surface area contributed by atoms with Crippen LogP contribution in [0.3, 0.4) is 0 Å². The second kappa shape index (κ2) is 2.95. The maximum Gasteiger partial charge on any atom is 0.0633 e. The summed E-state index contributed by atoms with van der Waals surface area (Å²) in [6, 6.07) is 2.15. The smallest absolute Gasteiger partial charge is 0.0633 e. The van der Waals surface area contributed by atoms with Gasteiger partial charge >= 0.3 is 0 Å². The first-order valence-corrected chi connectivity index (χ1v) is 3.57. The molecule has 2 nitrogen and oxygen atoms in total. The largest absolute Gasteiger partial charge is 0.264 e. The molecule has 0 aliphatic carbocycles. The molecule has 1 heterocycles. The van der Waals surface area contributed by atoms with Crippen molar-refractivity contribution in [2.45, 2.75) is 18.1 Å². The van der Waals surface area contributed by atoms with Crippen LogP contribution in [0, 0.1) is 11.3 Å². The van der Waals surface area contributed by atoms with E-state index >= 15 is 0 Å². The van der Waals surface area contributed by atoms with Crippen LogP contribution in [0.4, 0.5) is 0 Å². The van der Waals surface area contributed by atoms with Gasteiger partial charge in [0.05, 0.1) is 6.07 Å². The van der Waals surface area contributed by atoms with Crippen LogP contribution in [-0.2, 0) is 0 Å². The molecule has 1 N–H and O–H groups in total. The Hall–Kier alpha value is -0.200. The number of nitriles is 1. The van der Waals surface area contributed by atoms with Crippen molar-refractivity contribution in [1.82, 2.24) is 4.72 Å². The van der Waals surface area contributed by atoms with E-state index in [9.17, 15) is 0 Å². The third-order valence-corrected chi connectivity index (χ3v) is 2.24. The predicted molar refractivity (Wildman–Crippen MR) is 34.2 cm³/mol. The zero-order chi connectivity index (χ0) is 5.82. The van der Waals surface area contributed by atoms with E-state index in [4.69, 9.17) is 5.26 Å². The number of hydrogen-bond donors (Lipinski definition) is 1. The minimum absolute atomic E-state index is 0.556. The monoisotopic (exact) mass is 128 g/mol. The topological polar surface area (TPSA) is 35.8 Å². The Labute approximate surface area is 53.4 Å². The molecule has 0 bridgehead atoms. The molecular weight excluding hydrogens is 120 g/mol. The molecule has 0 aromatic rings. The summed E-state index contributed by atoms with van der Waals surface area (Å²) >= 11 is 1.69. The van der Waals surface area contributed by atoms with Gasteiger partial charge in [-0.2, -0.15) is 5.26 Å². The van der Waals surface area contributed by atoms with E-state index in [1.807, 2.05) is 0 Å². The minimum atomic E-state index is 0.556. The van der Waals surface area contributed by atoms with E-state index in [0.29, 0.717) is 11.7 Å². The number of nitrogens with zero attached hydrogens (tertiary/aromatic N) is 1. The standard InChI is InChI=1S/C5H8N2S/c6-3-1-5-2-4-7-8-5/h5,7H,1-2,4H2. The van der Waals surface area contributed by atoms with E-state index in [0.717, 1.165) is 13.0 Å². The van der Waals surface area contributed by atoms with Crippen LogP contribution in [0.2, 0.25) is 0 Å². The number of nitrogens with one attached hydrogen (secondary N) is 1. The Balaban J connectivity index is 2.17. The van der Waals surface area contributed by atoms with Crippen LogP contribution in [0.1, 0.15) is 12.8 Å². The van der Waals surface area contributed by atoms with Gasteiger partial charge in [0.25, 0.3) is 0 Å². The highest BCUT2D eigenvalue weighted by atomic mass is 32.2. The summed E-state index contributed by atoms with van der Waals surface area (Å²) in [6.07, 6.45) is 1.84. The first kappa shape index (κ1) is 5.93. The third-order valence-electron chi connectivity index (χ3n) is 1.14. The lowest BCUT2D eigenvalue weighted by molar-refractivity contribution is 0.809. The second-order valence-electron chi connectivity index (χ2n) is 1.79. The van der Waals surface area contributed by atoms with Crippen molar-refractivity contribution >= 4 is 11.9 Å². The van der Waals surface area contributed by atoms with Gasteiger partial charge < -0.3 is 0 Å². The molecule has 1 aliphatic heterocycles. The lowest BCUT2D eigenvalue weighted by Crippen LogP contribution is -1.93. The predicted octanol–water partition coefficient (Wildman–Crippen LogP) is 0.910. The molecule has 0 saturated carbocycles. The fraction of sp³-hybridized carbons (Fsp3) is 0.800. The summed E-state index contributed by atoms with van der Waals surface area (Å²) < 4.78 is 3.12. The Kier molecular flexibility index (Phi) is 2.19. The summed E-state index contributed by atoms with van der Waals surface area (Å²) in [5, 5.41) is 8.79. The summed E-state index contributed by atoms with van der Waals surface area (Å²) in [5.74, 6) is 0. The molecule has 3 heteroatoms. The molecule has 1 saturated heterocycles. The van der Waals surface area contributed by atoms with Crippen LogP contribution in [0.5, 0.6) is 0 Å². The average molecular weight is 128 g/mol. The Bertz CT molecular complexity index is 101. The van der Waals surface area contributed by atoms with Gasteiger partial charge in [0, 0.05) is 18.2 Å². The quantitative estimate of drug-likeness (QED) is 0.533. The molecule has 44 valence electrons. The van der Waals surface area contributed by atoms with Crippen LogP contribution in [0.25, 0.3) is 0 Å². The SMILES string of the molecule is N#CCC1CCNS1. The fourth-order valence-corrected chi connectivity index (χ4v) is 1.57. The van der Waals surface area contributed by atoms with Gasteiger partial charge in [-0.3, -0.25) is 4.72 Å². The molecule has 0 aromatic heterocycles. The molecule has 1 unspecified atom stereocenters. The van der Waals surface area contributed by atoms with Crippen molar-refractivity contribution in [1.29, 1.82) is 5.26 Å². The van der Waals surface area contributed by atoms with Crippen molar-refractivity contribution in [2.75, 3.05) is 6.54 Å². The van der Waals surface area contributed by atoms with Gasteiger partial charge in [0.1, 0.15) is 0 Å². The van der Waals surface area contributed by atoms with Gasteiger partial charge in [0.2, 0.25) is 0 Å². The molecule has 0 aromatic carbocycles. The highest BCUT2D eigenvalue weighted by Crippen LogP contribution is 2.19. The van der Waals surface area contributed by atoms with Crippen molar-refractivity contribution in [3.05, 3.63) is 0 Å². The molecule has 1 rings (SSSR count). The zero-order valence-corrected chi connectivity index (χ0v) is 5.37. The van der Waals surface area contributed by atoms with Gasteiger partial charge in [-0.1, -0.05) is 11.9 Å². The van der Waals surface area contributed by atoms with Gasteiger partial charge in [0.15, 0.2) is 0 Å². The maximum atomic E-state index is 8.24. The van der Waals surface area contributed by atoms with Gasteiger partial charge in [-0.05, 0) is 6.42 Å². The first-order chi connectivity index (χ1) is 3.93. The molecule has 1 aliphatic rings. The molecule has 8 heavy (non-hydrogen) atoms. The summed E-state index contributed by atoms with van der Waals surface area (Å²) in [4.78, 5) is 0. The van der Waals surface area contributed by atoms with Gasteiger partial charge in [-0.15, -0.1) is 0 Å². The van der Waals surface area contributed by atoms with Crippen molar-refractivity contribution < 1.29 is 0 Å². The van der Waals surface area contributed by atoms with Crippen LogP contribution >= 0.6 is 11.9 Å². The lowest BCUT2D eigenvalue weighted by atomic mass is 10.2. The van der Waals surface area contributed by atoms with E-state index < -0.39 is 0 Å². The Morgan fingerprint density at radius 2 is 2.75 bits per heavy atom. The summed E-state index contributed by atoms with van der Waals surface area (Å²) in [7, 11) is 0. The maximum absolute atomic E-state index is 8.24. The van der Waals surface area contributed by atoms with Crippen LogP contribution in [-0.4, -0.2) is 11.8 Å². The van der Waals surface area contributed by atoms with Crippen LogP contribution in [0.15, 0.2) is 0 Å². The van der Waals surface area contributed by atoms with Crippen molar-refractivity contribution in [3.8, 4) is 6.07 Å². The van der Waals surface area contributed by atoms with E-state index in [1.165, 1.54) is 0 Å². The average Bonchev–Trinajstić information content (AvgIpc) is 2.19. The fourth-order valence-electron chi connectivity index (χ4n) is 0.701. The molecule has 1 atom stereocenters. The third kappa shape index (κ3) is 1.39. The van der Waals surface area contributed by atoms with E-state index in [1.54, 1.807) is 11.9 Å². The normalized spacial score (nSPS) is 27.6. The zero-order valence-electron chi connectivity index (χ0n) is 4.55.